The highest BCUT2D eigenvalue weighted by Crippen LogP contribution is 2.36. The standard InChI is InChI=1S/C20H14N4O4/c25-20-15-2-1-7-21-19(15)18(14-3-4-16-17(10-14)28-12-27-16)22-24(20)11-13-5-8-23(26)9-6-13/h1-10H,11-12H2. The van der Waals surface area contributed by atoms with Crippen LogP contribution in [0.15, 0.2) is 65.8 Å². The SMILES string of the molecule is O=c1c2cccnc2c(-c2ccc3c(c2)OCO3)nn1Cc1cc[n+]([O-])cc1. The number of benzene rings is 1. The van der Waals surface area contributed by atoms with Gasteiger partial charge in [-0.3, -0.25) is 9.78 Å². The van der Waals surface area contributed by atoms with Gasteiger partial charge >= 0.3 is 0 Å². The fourth-order valence-corrected chi connectivity index (χ4v) is 3.19. The zero-order valence-corrected chi connectivity index (χ0v) is 14.6. The molecule has 0 saturated carbocycles. The van der Waals surface area contributed by atoms with Gasteiger partial charge in [0, 0.05) is 23.9 Å². The number of nitrogens with zero attached hydrogens (tertiary/aromatic N) is 4. The van der Waals surface area contributed by atoms with Crippen molar-refractivity contribution in [2.24, 2.45) is 0 Å². The number of ether oxygens (including phenoxy) is 2. The predicted octanol–water partition coefficient (Wildman–Crippen LogP) is 1.87. The fraction of sp³-hybridized carbons (Fsp3) is 0.100. The Balaban J connectivity index is 1.69. The van der Waals surface area contributed by atoms with Gasteiger partial charge < -0.3 is 14.7 Å². The maximum absolute atomic E-state index is 12.9. The van der Waals surface area contributed by atoms with Gasteiger partial charge in [0.15, 0.2) is 23.9 Å². The lowest BCUT2D eigenvalue weighted by Crippen LogP contribution is -2.27. The molecule has 1 aromatic carbocycles. The average Bonchev–Trinajstić information content (AvgIpc) is 3.19. The Bertz CT molecular complexity index is 1250. The molecule has 1 aliphatic rings. The van der Waals surface area contributed by atoms with E-state index in [9.17, 15) is 10.0 Å². The average molecular weight is 374 g/mol. The van der Waals surface area contributed by atoms with Crippen LogP contribution in [0.5, 0.6) is 11.5 Å². The van der Waals surface area contributed by atoms with Crippen molar-refractivity contribution in [1.82, 2.24) is 14.8 Å². The second-order valence-electron chi connectivity index (χ2n) is 6.35. The van der Waals surface area contributed by atoms with Gasteiger partial charge in [0.2, 0.25) is 6.79 Å². The van der Waals surface area contributed by atoms with Crippen molar-refractivity contribution in [3.05, 3.63) is 82.2 Å². The molecule has 0 amide bonds. The van der Waals surface area contributed by atoms with Gasteiger partial charge in [0.25, 0.3) is 5.56 Å². The van der Waals surface area contributed by atoms with Crippen LogP contribution in [0.1, 0.15) is 5.56 Å². The number of fused-ring (bicyclic) bond motifs is 2. The molecule has 0 radical (unpaired) electrons. The quantitative estimate of drug-likeness (QED) is 0.401. The monoisotopic (exact) mass is 374 g/mol. The second kappa shape index (κ2) is 6.34. The van der Waals surface area contributed by atoms with E-state index in [4.69, 9.17) is 9.47 Å². The first kappa shape index (κ1) is 16.2. The molecular formula is C20H14N4O4. The molecule has 138 valence electrons. The molecular weight excluding hydrogens is 360 g/mol. The predicted molar refractivity (Wildman–Crippen MR) is 99.9 cm³/mol. The van der Waals surface area contributed by atoms with Crippen molar-refractivity contribution < 1.29 is 14.2 Å². The molecule has 4 aromatic rings. The van der Waals surface area contributed by atoms with Crippen LogP contribution in [0.3, 0.4) is 0 Å². The lowest BCUT2D eigenvalue weighted by Gasteiger charge is -2.11. The first-order valence-corrected chi connectivity index (χ1v) is 8.62. The van der Waals surface area contributed by atoms with Crippen LogP contribution in [0.25, 0.3) is 22.2 Å². The molecule has 4 heterocycles. The largest absolute Gasteiger partial charge is 0.619 e. The van der Waals surface area contributed by atoms with Crippen LogP contribution >= 0.6 is 0 Å². The summed E-state index contributed by atoms with van der Waals surface area (Å²) in [4.78, 5) is 17.3. The van der Waals surface area contributed by atoms with Gasteiger partial charge in [0.1, 0.15) is 11.2 Å². The van der Waals surface area contributed by atoms with Crippen LogP contribution < -0.4 is 19.8 Å². The first-order chi connectivity index (χ1) is 13.7. The molecule has 0 spiro atoms. The molecule has 0 aliphatic carbocycles. The summed E-state index contributed by atoms with van der Waals surface area (Å²) in [6.45, 7) is 0.417. The molecule has 0 saturated heterocycles. The molecule has 0 N–H and O–H groups in total. The molecule has 5 rings (SSSR count). The minimum atomic E-state index is -0.244. The Labute approximate surface area is 158 Å². The lowest BCUT2D eigenvalue weighted by atomic mass is 10.1. The maximum Gasteiger partial charge on any atom is 0.276 e. The molecule has 0 unspecified atom stereocenters. The fourth-order valence-electron chi connectivity index (χ4n) is 3.19. The van der Waals surface area contributed by atoms with Gasteiger partial charge in [-0.05, 0) is 35.9 Å². The zero-order valence-electron chi connectivity index (χ0n) is 14.6. The molecule has 28 heavy (non-hydrogen) atoms. The summed E-state index contributed by atoms with van der Waals surface area (Å²) >= 11 is 0. The van der Waals surface area contributed by atoms with Crippen LogP contribution in [0.4, 0.5) is 0 Å². The van der Waals surface area contributed by atoms with Crippen molar-refractivity contribution in [3.63, 3.8) is 0 Å². The van der Waals surface area contributed by atoms with Gasteiger partial charge in [-0.25, -0.2) is 4.68 Å². The van der Waals surface area contributed by atoms with E-state index in [0.29, 0.717) is 32.8 Å². The smallest absolute Gasteiger partial charge is 0.276 e. The summed E-state index contributed by atoms with van der Waals surface area (Å²) in [5.74, 6) is 1.30. The van der Waals surface area contributed by atoms with E-state index >= 15 is 0 Å². The molecule has 0 fully saturated rings. The highest BCUT2D eigenvalue weighted by atomic mass is 16.7. The normalized spacial score (nSPS) is 12.4. The minimum Gasteiger partial charge on any atom is -0.619 e. The number of hydrogen-bond acceptors (Lipinski definition) is 6. The second-order valence-corrected chi connectivity index (χ2v) is 6.35. The van der Waals surface area contributed by atoms with Gasteiger partial charge in [-0.1, -0.05) is 0 Å². The molecule has 8 heteroatoms. The van der Waals surface area contributed by atoms with Crippen LogP contribution in [0.2, 0.25) is 0 Å². The van der Waals surface area contributed by atoms with Crippen LogP contribution in [-0.4, -0.2) is 21.6 Å². The Hall–Kier alpha value is -3.94. The molecule has 0 atom stereocenters. The number of pyridine rings is 2. The maximum atomic E-state index is 12.9. The Kier molecular flexibility index (Phi) is 3.68. The topological polar surface area (TPSA) is 93.2 Å². The van der Waals surface area contributed by atoms with Crippen molar-refractivity contribution >= 4 is 10.9 Å². The molecule has 3 aromatic heterocycles. The van der Waals surface area contributed by atoms with E-state index in [1.54, 1.807) is 30.5 Å². The number of hydrogen-bond donors (Lipinski definition) is 0. The van der Waals surface area contributed by atoms with E-state index < -0.39 is 0 Å². The highest BCUT2D eigenvalue weighted by Gasteiger charge is 2.18. The van der Waals surface area contributed by atoms with Crippen LogP contribution in [0, 0.1) is 5.21 Å². The third kappa shape index (κ3) is 2.71. The van der Waals surface area contributed by atoms with Crippen molar-refractivity contribution in [2.75, 3.05) is 6.79 Å². The Morgan fingerprint density at radius 2 is 1.93 bits per heavy atom. The van der Waals surface area contributed by atoms with Crippen molar-refractivity contribution in [3.8, 4) is 22.8 Å². The Morgan fingerprint density at radius 3 is 2.79 bits per heavy atom. The number of rotatable bonds is 3. The summed E-state index contributed by atoms with van der Waals surface area (Å²) in [6.07, 6.45) is 4.41. The third-order valence-corrected chi connectivity index (χ3v) is 4.57. The summed E-state index contributed by atoms with van der Waals surface area (Å²) in [5.41, 5.74) is 2.41. The molecule has 1 aliphatic heterocycles. The lowest BCUT2D eigenvalue weighted by molar-refractivity contribution is -0.605. The highest BCUT2D eigenvalue weighted by molar-refractivity contribution is 5.90. The summed E-state index contributed by atoms with van der Waals surface area (Å²) < 4.78 is 12.9. The molecule has 8 nitrogen and oxygen atoms in total. The van der Waals surface area contributed by atoms with E-state index in [0.717, 1.165) is 11.1 Å². The Morgan fingerprint density at radius 1 is 1.11 bits per heavy atom. The third-order valence-electron chi connectivity index (χ3n) is 4.57. The van der Waals surface area contributed by atoms with Crippen LogP contribution in [-0.2, 0) is 6.54 Å². The van der Waals surface area contributed by atoms with Gasteiger partial charge in [0.05, 0.1) is 11.9 Å². The van der Waals surface area contributed by atoms with E-state index in [-0.39, 0.29) is 18.9 Å². The number of aromatic nitrogens is 4. The summed E-state index contributed by atoms with van der Waals surface area (Å²) in [6, 6.07) is 12.3. The minimum absolute atomic E-state index is 0.179. The van der Waals surface area contributed by atoms with Crippen molar-refractivity contribution in [2.45, 2.75) is 6.54 Å². The summed E-state index contributed by atoms with van der Waals surface area (Å²) in [5, 5.41) is 16.3. The van der Waals surface area contributed by atoms with Crippen molar-refractivity contribution in [1.29, 1.82) is 0 Å². The van der Waals surface area contributed by atoms with E-state index in [1.165, 1.54) is 17.1 Å². The van der Waals surface area contributed by atoms with E-state index in [2.05, 4.69) is 10.1 Å². The molecule has 0 bridgehead atoms. The van der Waals surface area contributed by atoms with E-state index in [1.807, 2.05) is 18.2 Å². The van der Waals surface area contributed by atoms with Gasteiger partial charge in [-0.15, -0.1) is 0 Å². The first-order valence-electron chi connectivity index (χ1n) is 8.62. The summed E-state index contributed by atoms with van der Waals surface area (Å²) in [7, 11) is 0. The van der Waals surface area contributed by atoms with Gasteiger partial charge in [-0.2, -0.15) is 9.83 Å². The zero-order chi connectivity index (χ0) is 19.1.